The van der Waals surface area contributed by atoms with Crippen LogP contribution in [0.2, 0.25) is 0 Å². The van der Waals surface area contributed by atoms with Crippen LogP contribution in [0.25, 0.3) is 0 Å². The molecule has 0 radical (unpaired) electrons. The second-order valence-corrected chi connectivity index (χ2v) is 11.8. The highest BCUT2D eigenvalue weighted by molar-refractivity contribution is 7.91. The molecule has 1 aromatic heterocycles. The quantitative estimate of drug-likeness (QED) is 0.632. The van der Waals surface area contributed by atoms with Crippen LogP contribution in [0.3, 0.4) is 0 Å². The highest BCUT2D eigenvalue weighted by Crippen LogP contribution is 2.38. The van der Waals surface area contributed by atoms with Crippen molar-refractivity contribution in [3.05, 3.63) is 41.2 Å². The minimum Gasteiger partial charge on any atom is -0.394 e. The van der Waals surface area contributed by atoms with Crippen LogP contribution in [0.15, 0.2) is 34.2 Å². The van der Waals surface area contributed by atoms with Crippen LogP contribution in [-0.4, -0.2) is 55.4 Å². The van der Waals surface area contributed by atoms with Crippen molar-refractivity contribution in [2.75, 3.05) is 19.4 Å². The maximum Gasteiger partial charge on any atom is 0.416 e. The molecule has 0 fully saturated rings. The molecule has 0 spiro atoms. The topological polar surface area (TPSA) is 110 Å². The second-order valence-electron chi connectivity index (χ2n) is 7.52. The van der Waals surface area contributed by atoms with Gasteiger partial charge in [0, 0.05) is 18.3 Å². The number of nitrogens with zero attached hydrogens (tertiary/aromatic N) is 3. The Balaban J connectivity index is 2.10. The smallest absolute Gasteiger partial charge is 0.394 e. The summed E-state index contributed by atoms with van der Waals surface area (Å²) in [4.78, 5) is -1.43. The minimum absolute atomic E-state index is 0.147. The normalized spacial score (nSPS) is 17.5. The fourth-order valence-electron chi connectivity index (χ4n) is 3.82. The second kappa shape index (κ2) is 8.76. The first kappa shape index (κ1) is 24.7. The molecule has 1 heterocycles. The molecule has 13 heteroatoms. The van der Waals surface area contributed by atoms with Crippen molar-refractivity contribution >= 4 is 19.9 Å². The van der Waals surface area contributed by atoms with Crippen LogP contribution in [0, 0.1) is 0 Å². The standard InChI is InChI=1S/C19H24F3N3O5S2/c1-3-31(27,28)14-9-13(19(20,21)22)10-15(11-14)32(29,30)24(2)17-5-4-6-18-16(17)12-23-25(18)7-8-26/h9-12,17,26H,3-8H2,1-2H3/t17-/m1/s1. The number of rotatable bonds is 7. The van der Waals surface area contributed by atoms with E-state index < -0.39 is 53.2 Å². The Morgan fingerprint density at radius 3 is 2.44 bits per heavy atom. The van der Waals surface area contributed by atoms with E-state index in [0.717, 1.165) is 16.1 Å². The van der Waals surface area contributed by atoms with Crippen LogP contribution in [0.4, 0.5) is 13.2 Å². The summed E-state index contributed by atoms with van der Waals surface area (Å²) in [6, 6.07) is 1.00. The summed E-state index contributed by atoms with van der Waals surface area (Å²) in [5.41, 5.74) is 0.0268. The Kier molecular flexibility index (Phi) is 6.76. The lowest BCUT2D eigenvalue weighted by Crippen LogP contribution is -2.33. The van der Waals surface area contributed by atoms with E-state index in [0.29, 0.717) is 37.0 Å². The lowest BCUT2D eigenvalue weighted by molar-refractivity contribution is -0.137. The molecular weight excluding hydrogens is 471 g/mol. The number of hydrogen-bond donors (Lipinski definition) is 1. The molecule has 178 valence electrons. The zero-order valence-corrected chi connectivity index (χ0v) is 19.1. The number of alkyl halides is 3. The fraction of sp³-hybridized carbons (Fsp3) is 0.526. The van der Waals surface area contributed by atoms with Gasteiger partial charge in [-0.2, -0.15) is 22.6 Å². The molecule has 0 saturated carbocycles. The van der Waals surface area contributed by atoms with E-state index in [9.17, 15) is 35.1 Å². The highest BCUT2D eigenvalue weighted by Gasteiger charge is 2.38. The molecule has 0 aliphatic heterocycles. The average Bonchev–Trinajstić information content (AvgIpc) is 3.15. The molecule has 0 saturated heterocycles. The van der Waals surface area contributed by atoms with Gasteiger partial charge in [-0.05, 0) is 37.5 Å². The van der Waals surface area contributed by atoms with E-state index in [2.05, 4.69) is 5.10 Å². The predicted molar refractivity (Wildman–Crippen MR) is 109 cm³/mol. The zero-order chi connectivity index (χ0) is 23.9. The van der Waals surface area contributed by atoms with E-state index in [-0.39, 0.29) is 13.2 Å². The first-order valence-electron chi connectivity index (χ1n) is 9.91. The van der Waals surface area contributed by atoms with Gasteiger partial charge in [-0.25, -0.2) is 16.8 Å². The van der Waals surface area contributed by atoms with Gasteiger partial charge in [0.25, 0.3) is 0 Å². The summed E-state index contributed by atoms with van der Waals surface area (Å²) in [5.74, 6) is -0.473. The van der Waals surface area contributed by atoms with E-state index in [1.54, 1.807) is 4.68 Å². The van der Waals surface area contributed by atoms with Crippen molar-refractivity contribution in [1.82, 2.24) is 14.1 Å². The SMILES string of the molecule is CCS(=O)(=O)c1cc(C(F)(F)F)cc(S(=O)(=O)N(C)[C@@H]2CCCc3c2cnn3CCO)c1. The highest BCUT2D eigenvalue weighted by atomic mass is 32.2. The van der Waals surface area contributed by atoms with Crippen LogP contribution in [-0.2, 0) is 39.0 Å². The first-order chi connectivity index (χ1) is 14.8. The predicted octanol–water partition coefficient (Wildman–Crippen LogP) is 2.39. The van der Waals surface area contributed by atoms with Crippen molar-refractivity contribution in [2.24, 2.45) is 0 Å². The molecule has 8 nitrogen and oxygen atoms in total. The maximum absolute atomic E-state index is 13.4. The van der Waals surface area contributed by atoms with E-state index in [1.807, 2.05) is 0 Å². The first-order valence-corrected chi connectivity index (χ1v) is 13.0. The van der Waals surface area contributed by atoms with Gasteiger partial charge in [0.15, 0.2) is 9.84 Å². The number of benzene rings is 1. The summed E-state index contributed by atoms with van der Waals surface area (Å²) < 4.78 is 93.9. The van der Waals surface area contributed by atoms with Gasteiger partial charge in [0.05, 0.1) is 46.5 Å². The monoisotopic (exact) mass is 495 g/mol. The molecule has 1 aromatic carbocycles. The van der Waals surface area contributed by atoms with Crippen molar-refractivity contribution < 1.29 is 35.1 Å². The van der Waals surface area contributed by atoms with Gasteiger partial charge in [0.1, 0.15) is 0 Å². The van der Waals surface area contributed by atoms with Crippen LogP contribution < -0.4 is 0 Å². The number of sulfonamides is 1. The van der Waals surface area contributed by atoms with Gasteiger partial charge in [-0.15, -0.1) is 0 Å². The average molecular weight is 496 g/mol. The van der Waals surface area contributed by atoms with Gasteiger partial charge in [-0.3, -0.25) is 4.68 Å². The molecule has 0 amide bonds. The van der Waals surface area contributed by atoms with Crippen molar-refractivity contribution in [3.8, 4) is 0 Å². The van der Waals surface area contributed by atoms with E-state index in [1.165, 1.54) is 20.2 Å². The Morgan fingerprint density at radius 2 is 1.84 bits per heavy atom. The third kappa shape index (κ3) is 4.56. The molecule has 0 unspecified atom stereocenters. The number of aromatic nitrogens is 2. The van der Waals surface area contributed by atoms with Crippen molar-refractivity contribution in [3.63, 3.8) is 0 Å². The lowest BCUT2D eigenvalue weighted by Gasteiger charge is -2.31. The molecule has 3 rings (SSSR count). The lowest BCUT2D eigenvalue weighted by atomic mass is 9.93. The Hall–Kier alpha value is -1.96. The molecule has 1 aliphatic rings. The molecule has 1 aliphatic carbocycles. The molecule has 2 aromatic rings. The third-order valence-corrected chi connectivity index (χ3v) is 9.16. The summed E-state index contributed by atoms with van der Waals surface area (Å²) in [5, 5.41) is 13.4. The molecule has 1 atom stereocenters. The van der Waals surface area contributed by atoms with E-state index in [4.69, 9.17) is 0 Å². The number of fused-ring (bicyclic) bond motifs is 1. The molecular formula is C19H24F3N3O5S2. The van der Waals surface area contributed by atoms with Crippen LogP contribution in [0.5, 0.6) is 0 Å². The Labute approximate surface area is 184 Å². The van der Waals surface area contributed by atoms with Crippen LogP contribution in [0.1, 0.15) is 42.6 Å². The largest absolute Gasteiger partial charge is 0.416 e. The number of halogens is 3. The third-order valence-electron chi connectivity index (χ3n) is 5.61. The Morgan fingerprint density at radius 1 is 1.19 bits per heavy atom. The minimum atomic E-state index is -4.93. The van der Waals surface area contributed by atoms with Crippen LogP contribution >= 0.6 is 0 Å². The summed E-state index contributed by atoms with van der Waals surface area (Å²) >= 11 is 0. The number of aliphatic hydroxyl groups is 1. The molecule has 0 bridgehead atoms. The summed E-state index contributed by atoms with van der Waals surface area (Å²) in [7, 11) is -7.30. The Bertz CT molecular complexity index is 1210. The number of aliphatic hydroxyl groups excluding tert-OH is 1. The zero-order valence-electron chi connectivity index (χ0n) is 17.5. The van der Waals surface area contributed by atoms with E-state index >= 15 is 0 Å². The maximum atomic E-state index is 13.4. The fourth-order valence-corrected chi connectivity index (χ4v) is 6.28. The van der Waals surface area contributed by atoms with Gasteiger partial charge in [0.2, 0.25) is 10.0 Å². The van der Waals surface area contributed by atoms with Gasteiger partial charge in [-0.1, -0.05) is 6.92 Å². The summed E-state index contributed by atoms with van der Waals surface area (Å²) in [6.07, 6.45) is -1.76. The van der Waals surface area contributed by atoms with Crippen molar-refractivity contribution in [1.29, 1.82) is 0 Å². The molecule has 32 heavy (non-hydrogen) atoms. The van der Waals surface area contributed by atoms with Gasteiger partial charge < -0.3 is 5.11 Å². The number of sulfone groups is 1. The number of hydrogen-bond acceptors (Lipinski definition) is 6. The van der Waals surface area contributed by atoms with Crippen molar-refractivity contribution in [2.45, 2.75) is 54.7 Å². The molecule has 1 N–H and O–H groups in total. The summed E-state index contributed by atoms with van der Waals surface area (Å²) in [6.45, 7) is 1.36. The van der Waals surface area contributed by atoms with Gasteiger partial charge >= 0.3 is 6.18 Å².